The lowest BCUT2D eigenvalue weighted by atomic mass is 10.2. The van der Waals surface area contributed by atoms with E-state index in [4.69, 9.17) is 11.6 Å². The van der Waals surface area contributed by atoms with Gasteiger partial charge in [0.05, 0.1) is 16.3 Å². The molecule has 0 aliphatic rings. The van der Waals surface area contributed by atoms with Crippen molar-refractivity contribution in [2.75, 3.05) is 11.1 Å². The first-order chi connectivity index (χ1) is 10.8. The van der Waals surface area contributed by atoms with Crippen LogP contribution < -0.4 is 5.32 Å². The molecule has 1 amide bonds. The van der Waals surface area contributed by atoms with Gasteiger partial charge in [-0.25, -0.2) is 8.42 Å². The number of benzene rings is 2. The minimum atomic E-state index is -3.51. The van der Waals surface area contributed by atoms with E-state index in [2.05, 4.69) is 21.2 Å². The van der Waals surface area contributed by atoms with Crippen molar-refractivity contribution in [2.24, 2.45) is 0 Å². The lowest BCUT2D eigenvalue weighted by Gasteiger charge is -2.09. The molecule has 2 rings (SSSR count). The molecule has 23 heavy (non-hydrogen) atoms. The van der Waals surface area contributed by atoms with E-state index < -0.39 is 9.84 Å². The molecule has 0 radical (unpaired) electrons. The second-order valence-electron chi connectivity index (χ2n) is 5.05. The Hall–Kier alpha value is -1.37. The molecule has 2 aromatic carbocycles. The molecule has 0 saturated heterocycles. The molecule has 0 spiro atoms. The minimum absolute atomic E-state index is 0.120. The maximum Gasteiger partial charge on any atom is 0.225 e. The van der Waals surface area contributed by atoms with Gasteiger partial charge in [0.1, 0.15) is 0 Å². The van der Waals surface area contributed by atoms with E-state index >= 15 is 0 Å². The average molecular weight is 417 g/mol. The van der Waals surface area contributed by atoms with Gasteiger partial charge in [-0.3, -0.25) is 4.79 Å². The fraction of sp³-hybridized carbons (Fsp3) is 0.188. The summed E-state index contributed by atoms with van der Waals surface area (Å²) in [5.41, 5.74) is 1.67. The van der Waals surface area contributed by atoms with Crippen molar-refractivity contribution in [1.82, 2.24) is 0 Å². The SMILES string of the molecule is Cc1ccc(NC(=O)CCS(=O)(=O)c2ccc(Cl)cc2)c(Br)c1. The zero-order chi connectivity index (χ0) is 17.0. The van der Waals surface area contributed by atoms with E-state index in [0.29, 0.717) is 10.7 Å². The van der Waals surface area contributed by atoms with E-state index in [-0.39, 0.29) is 23.0 Å². The summed E-state index contributed by atoms with van der Waals surface area (Å²) in [5.74, 6) is -0.615. The van der Waals surface area contributed by atoms with Crippen LogP contribution in [0.2, 0.25) is 5.02 Å². The number of sulfone groups is 1. The van der Waals surface area contributed by atoms with Crippen molar-refractivity contribution in [3.05, 3.63) is 57.5 Å². The average Bonchev–Trinajstić information content (AvgIpc) is 2.49. The van der Waals surface area contributed by atoms with Crippen LogP contribution in [0.15, 0.2) is 51.8 Å². The lowest BCUT2D eigenvalue weighted by molar-refractivity contribution is -0.115. The Morgan fingerprint density at radius 2 is 1.83 bits per heavy atom. The minimum Gasteiger partial charge on any atom is -0.325 e. The molecule has 0 aliphatic heterocycles. The summed E-state index contributed by atoms with van der Waals surface area (Å²) in [6.07, 6.45) is -0.120. The van der Waals surface area contributed by atoms with Crippen LogP contribution >= 0.6 is 27.5 Å². The monoisotopic (exact) mass is 415 g/mol. The number of aryl methyl sites for hydroxylation is 1. The molecule has 4 nitrogen and oxygen atoms in total. The molecule has 2 aromatic rings. The van der Waals surface area contributed by atoms with Gasteiger partial charge in [-0.05, 0) is 64.8 Å². The van der Waals surface area contributed by atoms with E-state index in [1.165, 1.54) is 24.3 Å². The summed E-state index contributed by atoms with van der Waals surface area (Å²) in [6, 6.07) is 11.4. The smallest absolute Gasteiger partial charge is 0.225 e. The number of nitrogens with one attached hydrogen (secondary N) is 1. The molecule has 0 fully saturated rings. The second-order valence-corrected chi connectivity index (χ2v) is 8.45. The number of anilines is 1. The van der Waals surface area contributed by atoms with E-state index in [0.717, 1.165) is 10.0 Å². The van der Waals surface area contributed by atoms with Crippen molar-refractivity contribution in [3.63, 3.8) is 0 Å². The largest absolute Gasteiger partial charge is 0.325 e. The number of carbonyl (C=O) groups excluding carboxylic acids is 1. The maximum atomic E-state index is 12.2. The van der Waals surface area contributed by atoms with Crippen molar-refractivity contribution in [1.29, 1.82) is 0 Å². The molecule has 0 aliphatic carbocycles. The number of halogens is 2. The Labute approximate surface area is 148 Å². The highest BCUT2D eigenvalue weighted by atomic mass is 79.9. The van der Waals surface area contributed by atoms with Crippen molar-refractivity contribution >= 4 is 49.0 Å². The summed E-state index contributed by atoms with van der Waals surface area (Å²) in [7, 11) is -3.51. The molecule has 7 heteroatoms. The Morgan fingerprint density at radius 1 is 1.17 bits per heavy atom. The Balaban J connectivity index is 1.99. The van der Waals surface area contributed by atoms with Gasteiger partial charge in [0.2, 0.25) is 5.91 Å². The van der Waals surface area contributed by atoms with Crippen LogP contribution in [0.3, 0.4) is 0 Å². The zero-order valence-corrected chi connectivity index (χ0v) is 15.5. The summed E-state index contributed by atoms with van der Waals surface area (Å²) in [5, 5.41) is 3.16. The highest BCUT2D eigenvalue weighted by Gasteiger charge is 2.17. The molecule has 0 aromatic heterocycles. The Morgan fingerprint density at radius 3 is 2.43 bits per heavy atom. The highest BCUT2D eigenvalue weighted by Crippen LogP contribution is 2.23. The third kappa shape index (κ3) is 5.06. The van der Waals surface area contributed by atoms with Crippen molar-refractivity contribution in [2.45, 2.75) is 18.2 Å². The Kier molecular flexibility index (Phi) is 5.84. The number of hydrogen-bond acceptors (Lipinski definition) is 3. The van der Waals surface area contributed by atoms with Crippen LogP contribution in [0.25, 0.3) is 0 Å². The normalized spacial score (nSPS) is 11.3. The predicted molar refractivity (Wildman–Crippen MR) is 95.6 cm³/mol. The molecule has 0 saturated carbocycles. The quantitative estimate of drug-likeness (QED) is 0.794. The second kappa shape index (κ2) is 7.47. The lowest BCUT2D eigenvalue weighted by Crippen LogP contribution is -2.17. The summed E-state index contributed by atoms with van der Waals surface area (Å²) in [6.45, 7) is 1.94. The van der Waals surface area contributed by atoms with Gasteiger partial charge in [0, 0.05) is 15.9 Å². The fourth-order valence-electron chi connectivity index (χ4n) is 1.92. The van der Waals surface area contributed by atoms with Gasteiger partial charge < -0.3 is 5.32 Å². The third-order valence-electron chi connectivity index (χ3n) is 3.17. The molecule has 122 valence electrons. The van der Waals surface area contributed by atoms with Crippen LogP contribution in [0.5, 0.6) is 0 Å². The third-order valence-corrected chi connectivity index (χ3v) is 5.81. The molecule has 1 N–H and O–H groups in total. The molecular formula is C16H15BrClNO3S. The van der Waals surface area contributed by atoms with Gasteiger partial charge >= 0.3 is 0 Å². The topological polar surface area (TPSA) is 63.2 Å². The standard InChI is InChI=1S/C16H15BrClNO3S/c1-11-2-7-15(14(17)10-11)19-16(20)8-9-23(21,22)13-5-3-12(18)4-6-13/h2-7,10H,8-9H2,1H3,(H,19,20). The van der Waals surface area contributed by atoms with E-state index in [1.807, 2.05) is 19.1 Å². The molecule has 0 bridgehead atoms. The van der Waals surface area contributed by atoms with Crippen LogP contribution in [0.4, 0.5) is 5.69 Å². The van der Waals surface area contributed by atoms with Crippen molar-refractivity contribution < 1.29 is 13.2 Å². The predicted octanol–water partition coefficient (Wildman–Crippen LogP) is 4.21. The molecule has 0 unspecified atom stereocenters. The van der Waals surface area contributed by atoms with Crippen LogP contribution in [-0.4, -0.2) is 20.1 Å². The molecular weight excluding hydrogens is 402 g/mol. The number of hydrogen-bond donors (Lipinski definition) is 1. The highest BCUT2D eigenvalue weighted by molar-refractivity contribution is 9.10. The van der Waals surface area contributed by atoms with Crippen molar-refractivity contribution in [3.8, 4) is 0 Å². The summed E-state index contributed by atoms with van der Waals surface area (Å²) in [4.78, 5) is 12.1. The first kappa shape index (κ1) is 18.0. The van der Waals surface area contributed by atoms with Gasteiger partial charge in [-0.15, -0.1) is 0 Å². The first-order valence-corrected chi connectivity index (χ1v) is 9.64. The van der Waals surface area contributed by atoms with Crippen LogP contribution in [0, 0.1) is 6.92 Å². The number of amides is 1. The molecule has 0 heterocycles. The van der Waals surface area contributed by atoms with E-state index in [9.17, 15) is 13.2 Å². The number of rotatable bonds is 5. The van der Waals surface area contributed by atoms with Crippen LogP contribution in [-0.2, 0) is 14.6 Å². The summed E-state index contributed by atoms with van der Waals surface area (Å²) < 4.78 is 25.1. The summed E-state index contributed by atoms with van der Waals surface area (Å²) >= 11 is 9.11. The van der Waals surface area contributed by atoms with E-state index in [1.54, 1.807) is 6.07 Å². The molecule has 0 atom stereocenters. The van der Waals surface area contributed by atoms with Gasteiger partial charge in [-0.2, -0.15) is 0 Å². The first-order valence-electron chi connectivity index (χ1n) is 6.82. The maximum absolute atomic E-state index is 12.2. The van der Waals surface area contributed by atoms with Gasteiger partial charge in [0.15, 0.2) is 9.84 Å². The van der Waals surface area contributed by atoms with Crippen LogP contribution in [0.1, 0.15) is 12.0 Å². The fourth-order valence-corrected chi connectivity index (χ4v) is 3.88. The Bertz CT molecular complexity index is 820. The van der Waals surface area contributed by atoms with Gasteiger partial charge in [0.25, 0.3) is 0 Å². The number of carbonyl (C=O) groups is 1. The van der Waals surface area contributed by atoms with Gasteiger partial charge in [-0.1, -0.05) is 17.7 Å². The zero-order valence-electron chi connectivity index (χ0n) is 12.3.